The molecule has 24 heavy (non-hydrogen) atoms. The molecule has 0 N–H and O–H groups in total. The van der Waals surface area contributed by atoms with Crippen molar-refractivity contribution in [1.82, 2.24) is 0 Å². The molecule has 0 aliphatic heterocycles. The van der Waals surface area contributed by atoms with Crippen molar-refractivity contribution in [2.24, 2.45) is 0 Å². The third-order valence-electron chi connectivity index (χ3n) is 3.61. The lowest BCUT2D eigenvalue weighted by atomic mass is 10.1. The van der Waals surface area contributed by atoms with E-state index in [1.165, 1.54) is 22.3 Å². The lowest BCUT2D eigenvalue weighted by Gasteiger charge is -1.98. The standard InChI is InChI=1S/C22H16Br2/c23-21-13-9-19(10-14-21)7-5-17-1-2-18(4-3-17)6-8-20-11-15-22(24)16-12-20/h1-16H/b7-5-,8-6-. The highest BCUT2D eigenvalue weighted by molar-refractivity contribution is 9.10. The van der Waals surface area contributed by atoms with Gasteiger partial charge in [-0.2, -0.15) is 0 Å². The smallest absolute Gasteiger partial charge is 0.0175 e. The van der Waals surface area contributed by atoms with Crippen molar-refractivity contribution in [3.8, 4) is 0 Å². The van der Waals surface area contributed by atoms with Crippen LogP contribution in [0.4, 0.5) is 0 Å². The van der Waals surface area contributed by atoms with Crippen LogP contribution >= 0.6 is 31.9 Å². The van der Waals surface area contributed by atoms with Crippen LogP contribution < -0.4 is 0 Å². The predicted molar refractivity (Wildman–Crippen MR) is 113 cm³/mol. The number of rotatable bonds is 4. The number of hydrogen-bond acceptors (Lipinski definition) is 0. The zero-order valence-electron chi connectivity index (χ0n) is 13.0. The van der Waals surface area contributed by atoms with Crippen LogP contribution in [0.25, 0.3) is 24.3 Å². The zero-order valence-corrected chi connectivity index (χ0v) is 16.2. The number of hydrogen-bond donors (Lipinski definition) is 0. The molecule has 0 radical (unpaired) electrons. The first-order chi connectivity index (χ1) is 11.7. The Morgan fingerprint density at radius 1 is 0.375 bits per heavy atom. The van der Waals surface area contributed by atoms with Crippen LogP contribution in [-0.2, 0) is 0 Å². The molecule has 0 amide bonds. The van der Waals surface area contributed by atoms with Gasteiger partial charge in [0.05, 0.1) is 0 Å². The number of benzene rings is 3. The maximum Gasteiger partial charge on any atom is 0.0175 e. The highest BCUT2D eigenvalue weighted by Gasteiger charge is 1.92. The van der Waals surface area contributed by atoms with E-state index < -0.39 is 0 Å². The first-order valence-corrected chi connectivity index (χ1v) is 9.25. The highest BCUT2D eigenvalue weighted by atomic mass is 79.9. The van der Waals surface area contributed by atoms with Gasteiger partial charge in [0.1, 0.15) is 0 Å². The van der Waals surface area contributed by atoms with Gasteiger partial charge in [0, 0.05) is 8.95 Å². The third kappa shape index (κ3) is 5.05. The molecule has 0 bridgehead atoms. The van der Waals surface area contributed by atoms with E-state index in [2.05, 4.69) is 129 Å². The Bertz CT molecular complexity index is 765. The Labute approximate surface area is 159 Å². The van der Waals surface area contributed by atoms with Crippen LogP contribution in [0.3, 0.4) is 0 Å². The van der Waals surface area contributed by atoms with Crippen molar-refractivity contribution in [1.29, 1.82) is 0 Å². The van der Waals surface area contributed by atoms with Crippen molar-refractivity contribution >= 4 is 56.2 Å². The van der Waals surface area contributed by atoms with Crippen LogP contribution in [-0.4, -0.2) is 0 Å². The summed E-state index contributed by atoms with van der Waals surface area (Å²) in [6.45, 7) is 0. The molecule has 0 heterocycles. The van der Waals surface area contributed by atoms with Gasteiger partial charge in [0.15, 0.2) is 0 Å². The second-order valence-electron chi connectivity index (χ2n) is 5.44. The van der Waals surface area contributed by atoms with Gasteiger partial charge in [0.25, 0.3) is 0 Å². The van der Waals surface area contributed by atoms with Gasteiger partial charge >= 0.3 is 0 Å². The molecular weight excluding hydrogens is 424 g/mol. The summed E-state index contributed by atoms with van der Waals surface area (Å²) in [6.07, 6.45) is 8.51. The molecule has 0 aromatic heterocycles. The molecule has 3 aromatic carbocycles. The largest absolute Gasteiger partial charge is 0.0544 e. The van der Waals surface area contributed by atoms with Gasteiger partial charge in [0.2, 0.25) is 0 Å². The molecule has 0 aliphatic carbocycles. The van der Waals surface area contributed by atoms with Crippen molar-refractivity contribution in [3.05, 3.63) is 104 Å². The zero-order chi connectivity index (χ0) is 16.8. The first kappa shape index (κ1) is 16.9. The summed E-state index contributed by atoms with van der Waals surface area (Å²) in [5, 5.41) is 0. The lowest BCUT2D eigenvalue weighted by Crippen LogP contribution is -1.76. The molecule has 0 saturated carbocycles. The van der Waals surface area contributed by atoms with Crippen LogP contribution in [0, 0.1) is 0 Å². The van der Waals surface area contributed by atoms with Crippen molar-refractivity contribution in [3.63, 3.8) is 0 Å². The van der Waals surface area contributed by atoms with Crippen molar-refractivity contribution < 1.29 is 0 Å². The van der Waals surface area contributed by atoms with Gasteiger partial charge in [-0.1, -0.05) is 105 Å². The van der Waals surface area contributed by atoms with E-state index >= 15 is 0 Å². The van der Waals surface area contributed by atoms with E-state index in [0.29, 0.717) is 0 Å². The molecule has 0 nitrogen and oxygen atoms in total. The van der Waals surface area contributed by atoms with Gasteiger partial charge in [-0.25, -0.2) is 0 Å². The minimum atomic E-state index is 1.10. The molecular formula is C22H16Br2. The number of halogens is 2. The maximum absolute atomic E-state index is 3.45. The van der Waals surface area contributed by atoms with Gasteiger partial charge in [-0.15, -0.1) is 0 Å². The monoisotopic (exact) mass is 438 g/mol. The Kier molecular flexibility index (Phi) is 5.84. The molecule has 3 aromatic rings. The van der Waals surface area contributed by atoms with Gasteiger partial charge in [-0.3, -0.25) is 0 Å². The molecule has 0 unspecified atom stereocenters. The molecule has 3 rings (SSSR count). The summed E-state index contributed by atoms with van der Waals surface area (Å²) in [4.78, 5) is 0. The van der Waals surface area contributed by atoms with Gasteiger partial charge < -0.3 is 0 Å². The fourth-order valence-electron chi connectivity index (χ4n) is 2.25. The van der Waals surface area contributed by atoms with E-state index in [0.717, 1.165) is 8.95 Å². The molecule has 0 atom stereocenters. The van der Waals surface area contributed by atoms with E-state index in [-0.39, 0.29) is 0 Å². The van der Waals surface area contributed by atoms with Crippen molar-refractivity contribution in [2.75, 3.05) is 0 Å². The van der Waals surface area contributed by atoms with Crippen LogP contribution in [0.2, 0.25) is 0 Å². The van der Waals surface area contributed by atoms with Gasteiger partial charge in [-0.05, 0) is 46.5 Å². The average Bonchev–Trinajstić information content (AvgIpc) is 2.62. The van der Waals surface area contributed by atoms with E-state index in [9.17, 15) is 0 Å². The summed E-state index contributed by atoms with van der Waals surface area (Å²) in [5.74, 6) is 0. The fraction of sp³-hybridized carbons (Fsp3) is 0. The Balaban J connectivity index is 1.66. The summed E-state index contributed by atoms with van der Waals surface area (Å²) in [6, 6.07) is 25.1. The second-order valence-corrected chi connectivity index (χ2v) is 7.27. The summed E-state index contributed by atoms with van der Waals surface area (Å²) in [5.41, 5.74) is 4.77. The third-order valence-corrected chi connectivity index (χ3v) is 4.67. The molecule has 0 aliphatic rings. The topological polar surface area (TPSA) is 0 Å². The van der Waals surface area contributed by atoms with E-state index in [1.807, 2.05) is 0 Å². The van der Waals surface area contributed by atoms with Crippen LogP contribution in [0.15, 0.2) is 81.7 Å². The quantitative estimate of drug-likeness (QED) is 0.368. The second kappa shape index (κ2) is 8.27. The van der Waals surface area contributed by atoms with E-state index in [1.54, 1.807) is 0 Å². The minimum absolute atomic E-state index is 1.10. The van der Waals surface area contributed by atoms with Crippen molar-refractivity contribution in [2.45, 2.75) is 0 Å². The van der Waals surface area contributed by atoms with E-state index in [4.69, 9.17) is 0 Å². The Morgan fingerprint density at radius 3 is 0.833 bits per heavy atom. The molecule has 118 valence electrons. The average molecular weight is 440 g/mol. The predicted octanol–water partition coefficient (Wildman–Crippen LogP) is 7.55. The molecule has 0 spiro atoms. The van der Waals surface area contributed by atoms with Crippen LogP contribution in [0.1, 0.15) is 22.3 Å². The fourth-order valence-corrected chi connectivity index (χ4v) is 2.78. The molecule has 2 heteroatoms. The first-order valence-electron chi connectivity index (χ1n) is 7.66. The Hall–Kier alpha value is -1.90. The Morgan fingerprint density at radius 2 is 0.583 bits per heavy atom. The summed E-state index contributed by atoms with van der Waals surface area (Å²) in [7, 11) is 0. The normalized spacial score (nSPS) is 11.4. The highest BCUT2D eigenvalue weighted by Crippen LogP contribution is 2.16. The molecule has 0 saturated heterocycles. The maximum atomic E-state index is 3.45. The van der Waals surface area contributed by atoms with Crippen LogP contribution in [0.5, 0.6) is 0 Å². The summed E-state index contributed by atoms with van der Waals surface area (Å²) >= 11 is 6.90. The lowest BCUT2D eigenvalue weighted by molar-refractivity contribution is 1.60. The molecule has 0 fully saturated rings. The SMILES string of the molecule is Brc1ccc(/C=C\c2ccc(/C=C\c3ccc(Br)cc3)cc2)cc1. The summed E-state index contributed by atoms with van der Waals surface area (Å²) < 4.78 is 2.20. The minimum Gasteiger partial charge on any atom is -0.0544 e.